The number of carbonyl (C=O) groups excluding carboxylic acids is 2. The van der Waals surface area contributed by atoms with Crippen molar-refractivity contribution >= 4 is 17.6 Å². The molecule has 0 aromatic carbocycles. The van der Waals surface area contributed by atoms with Crippen molar-refractivity contribution in [3.05, 3.63) is 24.4 Å². The van der Waals surface area contributed by atoms with E-state index in [1.54, 1.807) is 11.1 Å². The Labute approximate surface area is 161 Å². The fraction of sp³-hybridized carbons (Fsp3) is 0.650. The van der Waals surface area contributed by atoms with Crippen molar-refractivity contribution in [1.29, 1.82) is 0 Å². The van der Waals surface area contributed by atoms with Crippen LogP contribution in [0.15, 0.2) is 24.4 Å². The Bertz CT molecular complexity index is 629. The monoisotopic (exact) mass is 373 g/mol. The standard InChI is InChI=1S/C20H31N5O2/c1-22(2)20(27)17-6-5-10-23(16-17)11-8-19(26)25-14-12-24(13-15-25)18-7-3-4-9-21-18/h3-4,7,9,17H,5-6,8,10-16H2,1-2H3. The Morgan fingerprint density at radius 2 is 1.93 bits per heavy atom. The van der Waals surface area contributed by atoms with Crippen molar-refractivity contribution in [2.75, 3.05) is 64.8 Å². The summed E-state index contributed by atoms with van der Waals surface area (Å²) in [7, 11) is 3.63. The Balaban J connectivity index is 1.41. The van der Waals surface area contributed by atoms with Gasteiger partial charge in [-0.3, -0.25) is 9.59 Å². The SMILES string of the molecule is CN(C)C(=O)C1CCCN(CCC(=O)N2CCN(c3ccccn3)CC2)C1. The molecule has 0 spiro atoms. The van der Waals surface area contributed by atoms with Gasteiger partial charge in [0.25, 0.3) is 0 Å². The van der Waals surface area contributed by atoms with E-state index in [0.717, 1.165) is 64.5 Å². The van der Waals surface area contributed by atoms with Crippen molar-refractivity contribution in [3.8, 4) is 0 Å². The number of likely N-dealkylation sites (tertiary alicyclic amines) is 1. The van der Waals surface area contributed by atoms with Crippen molar-refractivity contribution in [1.82, 2.24) is 19.7 Å². The molecule has 3 rings (SSSR count). The number of piperidine rings is 1. The Morgan fingerprint density at radius 1 is 1.15 bits per heavy atom. The lowest BCUT2D eigenvalue weighted by molar-refractivity contribution is -0.134. The molecule has 27 heavy (non-hydrogen) atoms. The second kappa shape index (κ2) is 9.17. The van der Waals surface area contributed by atoms with E-state index in [1.807, 2.05) is 37.2 Å². The van der Waals surface area contributed by atoms with Crippen LogP contribution in [0, 0.1) is 5.92 Å². The molecule has 3 heterocycles. The van der Waals surface area contributed by atoms with E-state index in [1.165, 1.54) is 0 Å². The van der Waals surface area contributed by atoms with Gasteiger partial charge in [0.2, 0.25) is 11.8 Å². The number of amides is 2. The van der Waals surface area contributed by atoms with Crippen LogP contribution in [0.2, 0.25) is 0 Å². The number of carbonyl (C=O) groups is 2. The lowest BCUT2D eigenvalue weighted by atomic mass is 9.96. The average Bonchev–Trinajstić information content (AvgIpc) is 2.72. The fourth-order valence-electron chi connectivity index (χ4n) is 3.96. The van der Waals surface area contributed by atoms with E-state index in [4.69, 9.17) is 0 Å². The molecule has 2 saturated heterocycles. The lowest BCUT2D eigenvalue weighted by Gasteiger charge is -2.36. The zero-order chi connectivity index (χ0) is 19.2. The molecule has 0 N–H and O–H groups in total. The van der Waals surface area contributed by atoms with E-state index in [2.05, 4.69) is 14.8 Å². The molecular formula is C20H31N5O2. The van der Waals surface area contributed by atoms with Gasteiger partial charge in [0.15, 0.2) is 0 Å². The van der Waals surface area contributed by atoms with E-state index in [9.17, 15) is 9.59 Å². The summed E-state index contributed by atoms with van der Waals surface area (Å²) in [6, 6.07) is 5.92. The number of aromatic nitrogens is 1. The summed E-state index contributed by atoms with van der Waals surface area (Å²) in [4.78, 5) is 37.3. The lowest BCUT2D eigenvalue weighted by Crippen LogP contribution is -2.50. The predicted molar refractivity (Wildman–Crippen MR) is 106 cm³/mol. The van der Waals surface area contributed by atoms with Crippen LogP contribution < -0.4 is 4.90 Å². The zero-order valence-corrected chi connectivity index (χ0v) is 16.5. The number of piperazine rings is 1. The molecule has 7 nitrogen and oxygen atoms in total. The summed E-state index contributed by atoms with van der Waals surface area (Å²) < 4.78 is 0. The first kappa shape index (κ1) is 19.6. The van der Waals surface area contributed by atoms with Gasteiger partial charge < -0.3 is 19.6 Å². The van der Waals surface area contributed by atoms with Gasteiger partial charge in [-0.1, -0.05) is 6.07 Å². The van der Waals surface area contributed by atoms with Crippen molar-refractivity contribution in [2.45, 2.75) is 19.3 Å². The van der Waals surface area contributed by atoms with Gasteiger partial charge in [-0.15, -0.1) is 0 Å². The predicted octanol–water partition coefficient (Wildman–Crippen LogP) is 0.921. The molecule has 2 aliphatic rings. The quantitative estimate of drug-likeness (QED) is 0.768. The van der Waals surface area contributed by atoms with Crippen LogP contribution in [-0.2, 0) is 9.59 Å². The second-order valence-electron chi connectivity index (χ2n) is 7.68. The van der Waals surface area contributed by atoms with Crippen molar-refractivity contribution < 1.29 is 9.59 Å². The molecule has 2 fully saturated rings. The van der Waals surface area contributed by atoms with Crippen LogP contribution in [0.5, 0.6) is 0 Å². The number of nitrogens with zero attached hydrogens (tertiary/aromatic N) is 5. The molecule has 0 bridgehead atoms. The summed E-state index contributed by atoms with van der Waals surface area (Å²) in [5.74, 6) is 1.48. The summed E-state index contributed by atoms with van der Waals surface area (Å²) in [5.41, 5.74) is 0. The number of anilines is 1. The summed E-state index contributed by atoms with van der Waals surface area (Å²) >= 11 is 0. The van der Waals surface area contributed by atoms with Gasteiger partial charge in [-0.05, 0) is 31.5 Å². The first-order chi connectivity index (χ1) is 13.0. The molecular weight excluding hydrogens is 342 g/mol. The molecule has 1 aromatic rings. The summed E-state index contributed by atoms with van der Waals surface area (Å²) in [6.45, 7) is 5.65. The smallest absolute Gasteiger partial charge is 0.226 e. The molecule has 1 unspecified atom stereocenters. The maximum absolute atomic E-state index is 12.6. The first-order valence-corrected chi connectivity index (χ1v) is 9.92. The summed E-state index contributed by atoms with van der Waals surface area (Å²) in [6.07, 6.45) is 4.32. The van der Waals surface area contributed by atoms with Gasteiger partial charge in [0.1, 0.15) is 5.82 Å². The Kier molecular flexibility index (Phi) is 6.66. The van der Waals surface area contributed by atoms with Crippen molar-refractivity contribution in [2.24, 2.45) is 5.92 Å². The fourth-order valence-corrected chi connectivity index (χ4v) is 3.96. The van der Waals surface area contributed by atoms with Crippen LogP contribution in [0.4, 0.5) is 5.82 Å². The molecule has 1 atom stereocenters. The number of pyridine rings is 1. The third-order valence-electron chi connectivity index (χ3n) is 5.54. The highest BCUT2D eigenvalue weighted by molar-refractivity contribution is 5.78. The van der Waals surface area contributed by atoms with Crippen LogP contribution in [-0.4, -0.2) is 91.4 Å². The van der Waals surface area contributed by atoms with Gasteiger partial charge in [0.05, 0.1) is 5.92 Å². The third kappa shape index (κ3) is 5.19. The highest BCUT2D eigenvalue weighted by Gasteiger charge is 2.28. The van der Waals surface area contributed by atoms with Gasteiger partial charge in [-0.25, -0.2) is 4.98 Å². The normalized spacial score (nSPS) is 21.2. The largest absolute Gasteiger partial charge is 0.353 e. The van der Waals surface area contributed by atoms with Gasteiger partial charge >= 0.3 is 0 Å². The topological polar surface area (TPSA) is 60.0 Å². The van der Waals surface area contributed by atoms with Crippen LogP contribution in [0.1, 0.15) is 19.3 Å². The molecule has 7 heteroatoms. The minimum Gasteiger partial charge on any atom is -0.353 e. The molecule has 2 amide bonds. The molecule has 2 aliphatic heterocycles. The van der Waals surface area contributed by atoms with E-state index >= 15 is 0 Å². The molecule has 1 aromatic heterocycles. The number of rotatable bonds is 5. The zero-order valence-electron chi connectivity index (χ0n) is 16.5. The Morgan fingerprint density at radius 3 is 2.59 bits per heavy atom. The maximum Gasteiger partial charge on any atom is 0.226 e. The number of hydrogen-bond acceptors (Lipinski definition) is 5. The van der Waals surface area contributed by atoms with Crippen LogP contribution in [0.3, 0.4) is 0 Å². The highest BCUT2D eigenvalue weighted by Crippen LogP contribution is 2.19. The van der Waals surface area contributed by atoms with Gasteiger partial charge in [-0.2, -0.15) is 0 Å². The minimum absolute atomic E-state index is 0.0748. The molecule has 0 saturated carbocycles. The number of hydrogen-bond donors (Lipinski definition) is 0. The molecule has 148 valence electrons. The summed E-state index contributed by atoms with van der Waals surface area (Å²) in [5, 5.41) is 0. The molecule has 0 radical (unpaired) electrons. The van der Waals surface area contributed by atoms with E-state index in [-0.39, 0.29) is 17.7 Å². The van der Waals surface area contributed by atoms with Gasteiger partial charge in [0, 0.05) is 66.0 Å². The maximum atomic E-state index is 12.6. The average molecular weight is 374 g/mol. The molecule has 0 aliphatic carbocycles. The highest BCUT2D eigenvalue weighted by atomic mass is 16.2. The van der Waals surface area contributed by atoms with Crippen LogP contribution >= 0.6 is 0 Å². The minimum atomic E-state index is 0.0748. The third-order valence-corrected chi connectivity index (χ3v) is 5.54. The first-order valence-electron chi connectivity index (χ1n) is 9.92. The van der Waals surface area contributed by atoms with E-state index < -0.39 is 0 Å². The van der Waals surface area contributed by atoms with Crippen LogP contribution in [0.25, 0.3) is 0 Å². The Hall–Kier alpha value is -2.15. The van der Waals surface area contributed by atoms with Crippen molar-refractivity contribution in [3.63, 3.8) is 0 Å². The second-order valence-corrected chi connectivity index (χ2v) is 7.68. The van der Waals surface area contributed by atoms with E-state index in [0.29, 0.717) is 6.42 Å².